The summed E-state index contributed by atoms with van der Waals surface area (Å²) in [5.41, 5.74) is 1.24. The van der Waals surface area contributed by atoms with Crippen LogP contribution in [0.5, 0.6) is 0 Å². The lowest BCUT2D eigenvalue weighted by Gasteiger charge is -2.30. The van der Waals surface area contributed by atoms with Gasteiger partial charge in [0, 0.05) is 13.1 Å². The van der Waals surface area contributed by atoms with Crippen molar-refractivity contribution >= 4 is 6.03 Å². The smallest absolute Gasteiger partial charge is 0.314 e. The normalized spacial score (nSPS) is 12.2. The molecule has 0 bridgehead atoms. The third-order valence-corrected chi connectivity index (χ3v) is 3.23. The van der Waals surface area contributed by atoms with E-state index in [1.165, 1.54) is 5.56 Å². The number of amides is 2. The molecule has 0 saturated carbocycles. The van der Waals surface area contributed by atoms with Crippen molar-refractivity contribution in [3.05, 3.63) is 35.9 Å². The first-order chi connectivity index (χ1) is 9.22. The highest BCUT2D eigenvalue weighted by atomic mass is 16.2. The van der Waals surface area contributed by atoms with Crippen LogP contribution in [0.15, 0.2) is 30.3 Å². The van der Waals surface area contributed by atoms with Crippen molar-refractivity contribution in [2.24, 2.45) is 0 Å². The molecule has 0 spiro atoms. The van der Waals surface area contributed by atoms with Gasteiger partial charge in [0.25, 0.3) is 0 Å². The Morgan fingerprint density at radius 1 is 1.11 bits per heavy atom. The first-order valence-corrected chi connectivity index (χ1v) is 7.03. The van der Waals surface area contributed by atoms with Crippen LogP contribution in [-0.4, -0.2) is 37.1 Å². The van der Waals surface area contributed by atoms with Gasteiger partial charge < -0.3 is 10.6 Å². The van der Waals surface area contributed by atoms with E-state index in [4.69, 9.17) is 0 Å². The van der Waals surface area contributed by atoms with E-state index in [1.54, 1.807) is 0 Å². The van der Waals surface area contributed by atoms with Crippen LogP contribution in [0.25, 0.3) is 0 Å². The van der Waals surface area contributed by atoms with Gasteiger partial charge in [-0.25, -0.2) is 4.79 Å². The Balaban J connectivity index is 2.73. The zero-order valence-corrected chi connectivity index (χ0v) is 12.1. The summed E-state index contributed by atoms with van der Waals surface area (Å²) < 4.78 is 0. The third kappa shape index (κ3) is 4.91. The van der Waals surface area contributed by atoms with Gasteiger partial charge >= 0.3 is 6.03 Å². The van der Waals surface area contributed by atoms with Gasteiger partial charge in [-0.05, 0) is 25.6 Å². The van der Waals surface area contributed by atoms with Crippen LogP contribution >= 0.6 is 0 Å². The molecular formula is C15H25N3O. The Hall–Kier alpha value is -1.55. The summed E-state index contributed by atoms with van der Waals surface area (Å²) in [6, 6.07) is 10.4. The number of likely N-dealkylation sites (N-methyl/N-ethyl adjacent to an activating group) is 1. The highest BCUT2D eigenvalue weighted by molar-refractivity contribution is 5.73. The van der Waals surface area contributed by atoms with Crippen LogP contribution in [0, 0.1) is 0 Å². The summed E-state index contributed by atoms with van der Waals surface area (Å²) in [5.74, 6) is 0. The summed E-state index contributed by atoms with van der Waals surface area (Å²) in [4.78, 5) is 13.9. The molecule has 4 heteroatoms. The standard InChI is InChI=1S/C15H25N3O/c1-4-16-15(19)17-12-14(18(5-2)6-3)13-10-8-7-9-11-13/h7-11,14H,4-6,12H2,1-3H3,(H2,16,17,19). The van der Waals surface area contributed by atoms with Gasteiger partial charge in [-0.15, -0.1) is 0 Å². The summed E-state index contributed by atoms with van der Waals surface area (Å²) in [6.07, 6.45) is 0. The van der Waals surface area contributed by atoms with Crippen LogP contribution in [0.3, 0.4) is 0 Å². The quantitative estimate of drug-likeness (QED) is 0.793. The van der Waals surface area contributed by atoms with Gasteiger partial charge in [-0.2, -0.15) is 0 Å². The van der Waals surface area contributed by atoms with Crippen LogP contribution in [0.1, 0.15) is 32.4 Å². The van der Waals surface area contributed by atoms with Crippen molar-refractivity contribution in [2.45, 2.75) is 26.8 Å². The van der Waals surface area contributed by atoms with E-state index in [2.05, 4.69) is 41.5 Å². The highest BCUT2D eigenvalue weighted by Crippen LogP contribution is 2.19. The second-order valence-electron chi connectivity index (χ2n) is 4.39. The SMILES string of the molecule is CCNC(=O)NCC(c1ccccc1)N(CC)CC. The number of nitrogens with zero attached hydrogens (tertiary/aromatic N) is 1. The number of hydrogen-bond donors (Lipinski definition) is 2. The average Bonchev–Trinajstić information content (AvgIpc) is 2.44. The molecule has 0 aliphatic rings. The molecule has 19 heavy (non-hydrogen) atoms. The number of carbonyl (C=O) groups is 1. The molecule has 2 amide bonds. The molecule has 0 aliphatic carbocycles. The number of urea groups is 1. The van der Waals surface area contributed by atoms with Gasteiger partial charge in [0.1, 0.15) is 0 Å². The van der Waals surface area contributed by atoms with Gasteiger partial charge in [0.2, 0.25) is 0 Å². The second-order valence-corrected chi connectivity index (χ2v) is 4.39. The minimum atomic E-state index is -0.101. The minimum Gasteiger partial charge on any atom is -0.338 e. The molecule has 1 atom stereocenters. The van der Waals surface area contributed by atoms with Crippen molar-refractivity contribution in [1.82, 2.24) is 15.5 Å². The topological polar surface area (TPSA) is 44.4 Å². The van der Waals surface area contributed by atoms with E-state index < -0.39 is 0 Å². The van der Waals surface area contributed by atoms with Crippen LogP contribution in [-0.2, 0) is 0 Å². The van der Waals surface area contributed by atoms with Crippen molar-refractivity contribution in [2.75, 3.05) is 26.2 Å². The molecule has 1 aromatic rings. The monoisotopic (exact) mass is 263 g/mol. The Bertz CT molecular complexity index is 363. The number of benzene rings is 1. The summed E-state index contributed by atoms with van der Waals surface area (Å²) >= 11 is 0. The molecule has 1 aromatic carbocycles. The molecule has 1 unspecified atom stereocenters. The summed E-state index contributed by atoms with van der Waals surface area (Å²) in [7, 11) is 0. The molecule has 2 N–H and O–H groups in total. The van der Waals surface area contributed by atoms with E-state index in [-0.39, 0.29) is 12.1 Å². The van der Waals surface area contributed by atoms with Crippen LogP contribution in [0.4, 0.5) is 4.79 Å². The van der Waals surface area contributed by atoms with Gasteiger partial charge in [-0.1, -0.05) is 44.2 Å². The molecule has 0 heterocycles. The lowest BCUT2D eigenvalue weighted by atomic mass is 10.1. The van der Waals surface area contributed by atoms with Gasteiger partial charge in [0.15, 0.2) is 0 Å². The fraction of sp³-hybridized carbons (Fsp3) is 0.533. The predicted octanol–water partition coefficient (Wildman–Crippen LogP) is 2.39. The Morgan fingerprint density at radius 2 is 1.74 bits per heavy atom. The van der Waals surface area contributed by atoms with Crippen molar-refractivity contribution in [3.63, 3.8) is 0 Å². The van der Waals surface area contributed by atoms with Crippen molar-refractivity contribution < 1.29 is 4.79 Å². The first kappa shape index (κ1) is 15.5. The van der Waals surface area contributed by atoms with E-state index in [1.807, 2.05) is 25.1 Å². The lowest BCUT2D eigenvalue weighted by molar-refractivity contribution is 0.206. The molecule has 0 aromatic heterocycles. The maximum atomic E-state index is 11.5. The van der Waals surface area contributed by atoms with Crippen molar-refractivity contribution in [1.29, 1.82) is 0 Å². The third-order valence-electron chi connectivity index (χ3n) is 3.23. The molecule has 4 nitrogen and oxygen atoms in total. The minimum absolute atomic E-state index is 0.101. The molecule has 0 radical (unpaired) electrons. The largest absolute Gasteiger partial charge is 0.338 e. The van der Waals surface area contributed by atoms with E-state index >= 15 is 0 Å². The van der Waals surface area contributed by atoms with Gasteiger partial charge in [-0.3, -0.25) is 4.90 Å². The Kier molecular flexibility index (Phi) is 6.97. The highest BCUT2D eigenvalue weighted by Gasteiger charge is 2.18. The summed E-state index contributed by atoms with van der Waals surface area (Å²) in [5, 5.41) is 5.70. The molecule has 106 valence electrons. The van der Waals surface area contributed by atoms with Gasteiger partial charge in [0.05, 0.1) is 6.04 Å². The maximum Gasteiger partial charge on any atom is 0.314 e. The van der Waals surface area contributed by atoms with Crippen LogP contribution < -0.4 is 10.6 Å². The fourth-order valence-corrected chi connectivity index (χ4v) is 2.21. The lowest BCUT2D eigenvalue weighted by Crippen LogP contribution is -2.42. The first-order valence-electron chi connectivity index (χ1n) is 7.03. The molecule has 0 saturated heterocycles. The second kappa shape index (κ2) is 8.53. The van der Waals surface area contributed by atoms with Crippen LogP contribution in [0.2, 0.25) is 0 Å². The molecular weight excluding hydrogens is 238 g/mol. The summed E-state index contributed by atoms with van der Waals surface area (Å²) in [6.45, 7) is 9.40. The number of hydrogen-bond acceptors (Lipinski definition) is 2. The molecule has 1 rings (SSSR count). The van der Waals surface area contributed by atoms with E-state index in [9.17, 15) is 4.79 Å². The van der Waals surface area contributed by atoms with E-state index in [0.717, 1.165) is 13.1 Å². The zero-order valence-electron chi connectivity index (χ0n) is 12.1. The van der Waals surface area contributed by atoms with E-state index in [0.29, 0.717) is 13.1 Å². The fourth-order valence-electron chi connectivity index (χ4n) is 2.21. The maximum absolute atomic E-state index is 11.5. The molecule has 0 aliphatic heterocycles. The number of carbonyl (C=O) groups excluding carboxylic acids is 1. The zero-order chi connectivity index (χ0) is 14.1. The Morgan fingerprint density at radius 3 is 2.26 bits per heavy atom. The number of rotatable bonds is 7. The van der Waals surface area contributed by atoms with Crippen molar-refractivity contribution in [3.8, 4) is 0 Å². The average molecular weight is 263 g/mol. The number of nitrogens with one attached hydrogen (secondary N) is 2. The Labute approximate surface area is 116 Å². The molecule has 0 fully saturated rings. The predicted molar refractivity (Wildman–Crippen MR) is 79.2 cm³/mol.